The number of carbonyl (C=O) groups is 1. The molecule has 0 bridgehead atoms. The maximum Gasteiger partial charge on any atom is 0.272 e. The van der Waals surface area contributed by atoms with Crippen molar-refractivity contribution in [3.8, 4) is 0 Å². The number of amides is 1. The van der Waals surface area contributed by atoms with Gasteiger partial charge in [0, 0.05) is 25.0 Å². The number of rotatable bonds is 2. The first-order chi connectivity index (χ1) is 9.25. The van der Waals surface area contributed by atoms with Gasteiger partial charge >= 0.3 is 0 Å². The van der Waals surface area contributed by atoms with Crippen molar-refractivity contribution in [1.29, 1.82) is 0 Å². The third kappa shape index (κ3) is 2.16. The minimum atomic E-state index is -0.0597. The quantitative estimate of drug-likeness (QED) is 0.850. The van der Waals surface area contributed by atoms with Crippen molar-refractivity contribution >= 4 is 11.7 Å². The van der Waals surface area contributed by atoms with Crippen LogP contribution in [-0.4, -0.2) is 32.5 Å². The summed E-state index contributed by atoms with van der Waals surface area (Å²) in [6.07, 6.45) is 5.51. The summed E-state index contributed by atoms with van der Waals surface area (Å²) in [5.41, 5.74) is 7.05. The normalized spacial score (nSPS) is 18.7. The van der Waals surface area contributed by atoms with Gasteiger partial charge in [-0.2, -0.15) is 5.10 Å². The predicted octanol–water partition coefficient (Wildman–Crippen LogP) is 1.36. The smallest absolute Gasteiger partial charge is 0.272 e. The summed E-state index contributed by atoms with van der Waals surface area (Å²) in [7, 11) is 0. The lowest BCUT2D eigenvalue weighted by atomic mass is 10.1. The minimum absolute atomic E-state index is 0.0597. The van der Waals surface area contributed by atoms with Gasteiger partial charge in [-0.1, -0.05) is 6.07 Å². The molecule has 1 aliphatic heterocycles. The number of aromatic nitrogens is 3. The molecule has 2 aromatic heterocycles. The standard InChI is InChI=1S/C13H15N5O/c14-12-7-10(16-17-12)13(19)18-6-2-4-11(18)9-3-1-5-15-8-9/h1,3,5,7-8,11H,2,4,6H2,(H3,14,16,17). The van der Waals surface area contributed by atoms with Crippen LogP contribution in [0.25, 0.3) is 0 Å². The summed E-state index contributed by atoms with van der Waals surface area (Å²) < 4.78 is 0. The van der Waals surface area contributed by atoms with E-state index in [9.17, 15) is 4.79 Å². The highest BCUT2D eigenvalue weighted by atomic mass is 16.2. The number of carbonyl (C=O) groups excluding carboxylic acids is 1. The van der Waals surface area contributed by atoms with Gasteiger partial charge in [0.1, 0.15) is 11.5 Å². The summed E-state index contributed by atoms with van der Waals surface area (Å²) >= 11 is 0. The van der Waals surface area contributed by atoms with Gasteiger partial charge in [0.25, 0.3) is 5.91 Å². The molecule has 6 heteroatoms. The molecular weight excluding hydrogens is 242 g/mol. The van der Waals surface area contributed by atoms with Crippen LogP contribution in [0, 0.1) is 0 Å². The number of hydrogen-bond donors (Lipinski definition) is 2. The molecule has 0 radical (unpaired) electrons. The fraction of sp³-hybridized carbons (Fsp3) is 0.308. The molecule has 19 heavy (non-hydrogen) atoms. The van der Waals surface area contributed by atoms with Crippen LogP contribution in [0.5, 0.6) is 0 Å². The zero-order valence-corrected chi connectivity index (χ0v) is 10.4. The summed E-state index contributed by atoms with van der Waals surface area (Å²) in [5, 5.41) is 6.47. The van der Waals surface area contributed by atoms with Gasteiger partial charge in [-0.3, -0.25) is 14.9 Å². The molecule has 1 fully saturated rings. The molecule has 98 valence electrons. The highest BCUT2D eigenvalue weighted by molar-refractivity contribution is 5.93. The number of hydrogen-bond acceptors (Lipinski definition) is 4. The molecule has 0 saturated carbocycles. The number of nitrogens with zero attached hydrogens (tertiary/aromatic N) is 3. The Hall–Kier alpha value is -2.37. The van der Waals surface area contributed by atoms with Gasteiger partial charge in [0.15, 0.2) is 0 Å². The van der Waals surface area contributed by atoms with E-state index in [1.807, 2.05) is 23.2 Å². The third-order valence-electron chi connectivity index (χ3n) is 3.41. The lowest BCUT2D eigenvalue weighted by molar-refractivity contribution is 0.0729. The Labute approximate surface area is 110 Å². The fourth-order valence-corrected chi connectivity index (χ4v) is 2.53. The average molecular weight is 257 g/mol. The molecule has 0 spiro atoms. The average Bonchev–Trinajstić information content (AvgIpc) is 3.07. The lowest BCUT2D eigenvalue weighted by Gasteiger charge is -2.24. The van der Waals surface area contributed by atoms with E-state index in [4.69, 9.17) is 5.73 Å². The van der Waals surface area contributed by atoms with Crippen LogP contribution in [0.15, 0.2) is 30.6 Å². The van der Waals surface area contributed by atoms with Crippen molar-refractivity contribution < 1.29 is 4.79 Å². The highest BCUT2D eigenvalue weighted by Crippen LogP contribution is 2.32. The molecule has 6 nitrogen and oxygen atoms in total. The summed E-state index contributed by atoms with van der Waals surface area (Å²) in [4.78, 5) is 18.4. The summed E-state index contributed by atoms with van der Waals surface area (Å²) in [5.74, 6) is 0.274. The van der Waals surface area contributed by atoms with E-state index in [2.05, 4.69) is 15.2 Å². The van der Waals surface area contributed by atoms with Crippen LogP contribution >= 0.6 is 0 Å². The Balaban J connectivity index is 1.86. The molecule has 1 aliphatic rings. The zero-order valence-electron chi connectivity index (χ0n) is 10.4. The number of likely N-dealkylation sites (tertiary alicyclic amines) is 1. The topological polar surface area (TPSA) is 87.9 Å². The van der Waals surface area contributed by atoms with Crippen molar-refractivity contribution in [3.05, 3.63) is 41.9 Å². The second-order valence-electron chi connectivity index (χ2n) is 4.65. The molecule has 1 amide bonds. The highest BCUT2D eigenvalue weighted by Gasteiger charge is 2.31. The third-order valence-corrected chi connectivity index (χ3v) is 3.41. The van der Waals surface area contributed by atoms with Crippen LogP contribution in [0.2, 0.25) is 0 Å². The first-order valence-electron chi connectivity index (χ1n) is 6.27. The SMILES string of the molecule is Nc1cc(C(=O)N2CCCC2c2cccnc2)[nH]n1. The number of aromatic amines is 1. The zero-order chi connectivity index (χ0) is 13.2. The van der Waals surface area contributed by atoms with Crippen LogP contribution in [0.1, 0.15) is 34.9 Å². The van der Waals surface area contributed by atoms with Crippen molar-refractivity contribution in [2.24, 2.45) is 0 Å². The van der Waals surface area contributed by atoms with Crippen LogP contribution in [0.4, 0.5) is 5.82 Å². The molecule has 2 aromatic rings. The van der Waals surface area contributed by atoms with E-state index in [1.165, 1.54) is 0 Å². The summed E-state index contributed by atoms with van der Waals surface area (Å²) in [6, 6.07) is 5.56. The first kappa shape index (κ1) is 11.7. The van der Waals surface area contributed by atoms with E-state index in [0.717, 1.165) is 24.9 Å². The maximum atomic E-state index is 12.4. The number of H-pyrrole nitrogens is 1. The van der Waals surface area contributed by atoms with Crippen molar-refractivity contribution in [2.45, 2.75) is 18.9 Å². The van der Waals surface area contributed by atoms with Gasteiger partial charge in [0.2, 0.25) is 0 Å². The molecule has 1 saturated heterocycles. The second-order valence-corrected chi connectivity index (χ2v) is 4.65. The largest absolute Gasteiger partial charge is 0.382 e. The van der Waals surface area contributed by atoms with Gasteiger partial charge in [-0.25, -0.2) is 0 Å². The monoisotopic (exact) mass is 257 g/mol. The van der Waals surface area contributed by atoms with Crippen molar-refractivity contribution in [1.82, 2.24) is 20.1 Å². The van der Waals surface area contributed by atoms with Crippen LogP contribution in [-0.2, 0) is 0 Å². The predicted molar refractivity (Wildman–Crippen MR) is 70.2 cm³/mol. The molecule has 1 unspecified atom stereocenters. The van der Waals surface area contributed by atoms with E-state index >= 15 is 0 Å². The number of nitrogen functional groups attached to an aromatic ring is 1. The Kier molecular flexibility index (Phi) is 2.91. The van der Waals surface area contributed by atoms with E-state index < -0.39 is 0 Å². The van der Waals surface area contributed by atoms with E-state index in [1.54, 1.807) is 12.3 Å². The lowest BCUT2D eigenvalue weighted by Crippen LogP contribution is -2.30. The molecule has 3 N–H and O–H groups in total. The molecule has 3 heterocycles. The molecule has 0 aliphatic carbocycles. The summed E-state index contributed by atoms with van der Waals surface area (Å²) in [6.45, 7) is 0.747. The van der Waals surface area contributed by atoms with E-state index in [-0.39, 0.29) is 11.9 Å². The molecule has 0 aromatic carbocycles. The Morgan fingerprint density at radius 2 is 2.42 bits per heavy atom. The van der Waals surface area contributed by atoms with Crippen molar-refractivity contribution in [3.63, 3.8) is 0 Å². The minimum Gasteiger partial charge on any atom is -0.382 e. The number of nitrogens with two attached hydrogens (primary N) is 1. The number of anilines is 1. The van der Waals surface area contributed by atoms with Gasteiger partial charge < -0.3 is 10.6 Å². The fourth-order valence-electron chi connectivity index (χ4n) is 2.53. The van der Waals surface area contributed by atoms with Crippen LogP contribution in [0.3, 0.4) is 0 Å². The van der Waals surface area contributed by atoms with Crippen LogP contribution < -0.4 is 5.73 Å². The maximum absolute atomic E-state index is 12.4. The Bertz CT molecular complexity index is 580. The second kappa shape index (κ2) is 4.72. The van der Waals surface area contributed by atoms with Gasteiger partial charge in [-0.05, 0) is 24.5 Å². The molecule has 1 atom stereocenters. The number of pyridine rings is 1. The van der Waals surface area contributed by atoms with Crippen molar-refractivity contribution in [2.75, 3.05) is 12.3 Å². The first-order valence-corrected chi connectivity index (χ1v) is 6.27. The van der Waals surface area contributed by atoms with Gasteiger partial charge in [-0.15, -0.1) is 0 Å². The van der Waals surface area contributed by atoms with E-state index in [0.29, 0.717) is 11.5 Å². The number of nitrogens with one attached hydrogen (secondary N) is 1. The molecule has 3 rings (SSSR count). The Morgan fingerprint density at radius 1 is 1.53 bits per heavy atom. The Morgan fingerprint density at radius 3 is 3.11 bits per heavy atom. The molecular formula is C13H15N5O. The van der Waals surface area contributed by atoms with Gasteiger partial charge in [0.05, 0.1) is 6.04 Å².